The molecule has 2 rings (SSSR count). The zero-order valence-electron chi connectivity index (χ0n) is 17.7. The van der Waals surface area contributed by atoms with Crippen molar-refractivity contribution >= 4 is 7.75 Å². The molecular weight excluding hydrogens is 460 g/mol. The molecule has 2 aromatic carbocycles. The van der Waals surface area contributed by atoms with Gasteiger partial charge >= 0.3 is 7.75 Å². The first-order valence-electron chi connectivity index (χ1n) is 9.37. The van der Waals surface area contributed by atoms with Crippen LogP contribution in [-0.2, 0) is 9.30 Å². The Morgan fingerprint density at radius 3 is 1.94 bits per heavy atom. The Morgan fingerprint density at radius 2 is 1.44 bits per heavy atom. The maximum atomic E-state index is 14.1. The number of nitrogens with one attached hydrogen (secondary N) is 1. The van der Waals surface area contributed by atoms with Crippen LogP contribution in [0.2, 0.25) is 0 Å². The molecule has 0 spiro atoms. The summed E-state index contributed by atoms with van der Waals surface area (Å²) in [7, 11) is -4.87. The molecule has 0 aliphatic heterocycles. The molecule has 0 amide bonds. The average molecular weight is 483 g/mol. The molecule has 178 valence electrons. The zero-order chi connectivity index (χ0) is 24.3. The molecule has 12 heteroatoms. The van der Waals surface area contributed by atoms with Gasteiger partial charge in [-0.25, -0.2) is 17.7 Å². The lowest BCUT2D eigenvalue weighted by atomic mass is 9.99. The molecule has 32 heavy (non-hydrogen) atoms. The van der Waals surface area contributed by atoms with Gasteiger partial charge in [0, 0.05) is 0 Å². The number of para-hydroxylation sites is 1. The molecule has 0 aromatic heterocycles. The molecule has 2 N–H and O–H groups in total. The van der Waals surface area contributed by atoms with Crippen molar-refractivity contribution in [1.29, 1.82) is 0 Å². The molecule has 0 aliphatic carbocycles. The standard InChI is InChI=1S/C20H23F5NO5P/c1-11(19(27)29-10-20(2,3)4)26-32(28,30-12-8-6-5-7-9-12)31-18-16(24)14(22)13(21)15(23)17(18)25/h5-9,11,19,27H,10H2,1-4H3,(H,26,28)/t11-,19?,32?/m0/s1. The second kappa shape index (κ2) is 10.2. The number of ether oxygens (including phenoxy) is 1. The quantitative estimate of drug-likeness (QED) is 0.166. The van der Waals surface area contributed by atoms with E-state index in [1.54, 1.807) is 6.07 Å². The Hall–Kier alpha value is -2.20. The second-order valence-electron chi connectivity index (χ2n) is 8.07. The summed E-state index contributed by atoms with van der Waals surface area (Å²) < 4.78 is 97.1. The first kappa shape index (κ1) is 26.1. The predicted molar refractivity (Wildman–Crippen MR) is 106 cm³/mol. The van der Waals surface area contributed by atoms with Crippen LogP contribution < -0.4 is 14.1 Å². The Kier molecular flexibility index (Phi) is 8.27. The highest BCUT2D eigenvalue weighted by Gasteiger charge is 2.38. The highest BCUT2D eigenvalue weighted by atomic mass is 31.2. The highest BCUT2D eigenvalue weighted by Crippen LogP contribution is 2.47. The van der Waals surface area contributed by atoms with Crippen molar-refractivity contribution in [3.05, 3.63) is 59.4 Å². The SMILES string of the molecule is C[C@H](NP(=O)(Oc1ccccc1)Oc1c(F)c(F)c(F)c(F)c1F)C(O)OCC(C)(C)C. The van der Waals surface area contributed by atoms with Gasteiger partial charge in [0.05, 0.1) is 12.6 Å². The van der Waals surface area contributed by atoms with Gasteiger partial charge < -0.3 is 18.9 Å². The lowest BCUT2D eigenvalue weighted by Crippen LogP contribution is -2.40. The maximum Gasteiger partial charge on any atom is 0.513 e. The van der Waals surface area contributed by atoms with E-state index in [4.69, 9.17) is 13.8 Å². The number of halogens is 5. The van der Waals surface area contributed by atoms with Gasteiger partial charge in [0.2, 0.25) is 34.8 Å². The van der Waals surface area contributed by atoms with Gasteiger partial charge in [0.25, 0.3) is 0 Å². The van der Waals surface area contributed by atoms with Gasteiger partial charge in [0.15, 0.2) is 6.29 Å². The minimum absolute atomic E-state index is 0.0858. The third kappa shape index (κ3) is 6.65. The summed E-state index contributed by atoms with van der Waals surface area (Å²) in [6.45, 7) is 6.85. The molecule has 6 nitrogen and oxygen atoms in total. The van der Waals surface area contributed by atoms with E-state index in [0.717, 1.165) is 0 Å². The fourth-order valence-corrected chi connectivity index (χ4v) is 3.84. The molecule has 2 unspecified atom stereocenters. The van der Waals surface area contributed by atoms with Crippen LogP contribution in [0.1, 0.15) is 27.7 Å². The summed E-state index contributed by atoms with van der Waals surface area (Å²) in [5.41, 5.74) is -0.336. The zero-order valence-corrected chi connectivity index (χ0v) is 18.6. The van der Waals surface area contributed by atoms with Gasteiger partial charge in [-0.2, -0.15) is 13.9 Å². The number of rotatable bonds is 9. The van der Waals surface area contributed by atoms with E-state index in [9.17, 15) is 31.6 Å². The van der Waals surface area contributed by atoms with Crippen LogP contribution in [0.25, 0.3) is 0 Å². The van der Waals surface area contributed by atoms with Crippen LogP contribution in [0.15, 0.2) is 30.3 Å². The molecule has 0 saturated heterocycles. The number of aliphatic hydroxyl groups excluding tert-OH is 1. The molecule has 0 fully saturated rings. The lowest BCUT2D eigenvalue weighted by Gasteiger charge is -2.28. The topological polar surface area (TPSA) is 77.0 Å². The molecular formula is C20H23F5NO5P. The lowest BCUT2D eigenvalue weighted by molar-refractivity contribution is -0.131. The molecule has 2 aromatic rings. The van der Waals surface area contributed by atoms with Crippen molar-refractivity contribution in [2.24, 2.45) is 5.41 Å². The van der Waals surface area contributed by atoms with E-state index in [1.165, 1.54) is 31.2 Å². The van der Waals surface area contributed by atoms with E-state index in [2.05, 4.69) is 5.09 Å². The molecule has 0 heterocycles. The van der Waals surface area contributed by atoms with Crippen LogP contribution in [0.5, 0.6) is 11.5 Å². The van der Waals surface area contributed by atoms with Crippen LogP contribution in [0.3, 0.4) is 0 Å². The van der Waals surface area contributed by atoms with Gasteiger partial charge in [-0.1, -0.05) is 39.0 Å². The first-order valence-corrected chi connectivity index (χ1v) is 10.9. The van der Waals surface area contributed by atoms with Crippen molar-refractivity contribution in [2.75, 3.05) is 6.61 Å². The third-order valence-corrected chi connectivity index (χ3v) is 5.42. The maximum absolute atomic E-state index is 14.1. The Morgan fingerprint density at radius 1 is 0.938 bits per heavy atom. The number of aliphatic hydroxyl groups is 1. The van der Waals surface area contributed by atoms with Gasteiger partial charge in [-0.15, -0.1) is 0 Å². The Labute approximate surface area is 181 Å². The second-order valence-corrected chi connectivity index (χ2v) is 9.69. The van der Waals surface area contributed by atoms with Crippen LogP contribution in [-0.4, -0.2) is 24.0 Å². The van der Waals surface area contributed by atoms with Crippen molar-refractivity contribution in [3.8, 4) is 11.5 Å². The summed E-state index contributed by atoms with van der Waals surface area (Å²) in [5.74, 6) is -13.6. The molecule has 0 aliphatic rings. The van der Waals surface area contributed by atoms with Crippen molar-refractivity contribution < 1.29 is 45.4 Å². The predicted octanol–water partition coefficient (Wildman–Crippen LogP) is 5.31. The number of benzene rings is 2. The third-order valence-electron chi connectivity index (χ3n) is 3.83. The van der Waals surface area contributed by atoms with Crippen LogP contribution in [0, 0.1) is 34.5 Å². The summed E-state index contributed by atoms with van der Waals surface area (Å²) in [6.07, 6.45) is -1.58. The highest BCUT2D eigenvalue weighted by molar-refractivity contribution is 7.52. The van der Waals surface area contributed by atoms with Crippen molar-refractivity contribution in [1.82, 2.24) is 5.09 Å². The Bertz CT molecular complexity index is 958. The summed E-state index contributed by atoms with van der Waals surface area (Å²) >= 11 is 0. The van der Waals surface area contributed by atoms with E-state index in [1.807, 2.05) is 20.8 Å². The van der Waals surface area contributed by atoms with E-state index < -0.39 is 54.9 Å². The minimum atomic E-state index is -4.87. The first-order chi connectivity index (χ1) is 14.7. The van der Waals surface area contributed by atoms with E-state index in [-0.39, 0.29) is 17.8 Å². The molecule has 0 saturated carbocycles. The minimum Gasteiger partial charge on any atom is -0.405 e. The normalized spacial score (nSPS) is 15.7. The van der Waals surface area contributed by atoms with Crippen molar-refractivity contribution in [2.45, 2.75) is 40.0 Å². The van der Waals surface area contributed by atoms with Gasteiger partial charge in [0.1, 0.15) is 5.75 Å². The average Bonchev–Trinajstić information content (AvgIpc) is 2.72. The van der Waals surface area contributed by atoms with Crippen molar-refractivity contribution in [3.63, 3.8) is 0 Å². The molecule has 0 bridgehead atoms. The van der Waals surface area contributed by atoms with E-state index >= 15 is 0 Å². The van der Waals surface area contributed by atoms with Crippen LogP contribution >= 0.6 is 7.75 Å². The number of hydrogen-bond acceptors (Lipinski definition) is 5. The molecule has 3 atom stereocenters. The summed E-state index contributed by atoms with van der Waals surface area (Å²) in [6, 6.07) is 5.95. The monoisotopic (exact) mass is 483 g/mol. The summed E-state index contributed by atoms with van der Waals surface area (Å²) in [4.78, 5) is 0. The Balaban J connectivity index is 2.37. The fraction of sp³-hybridized carbons (Fsp3) is 0.400. The number of hydrogen-bond donors (Lipinski definition) is 2. The van der Waals surface area contributed by atoms with Gasteiger partial charge in [-0.3, -0.25) is 0 Å². The smallest absolute Gasteiger partial charge is 0.405 e. The van der Waals surface area contributed by atoms with E-state index in [0.29, 0.717) is 0 Å². The van der Waals surface area contributed by atoms with Gasteiger partial charge in [-0.05, 0) is 24.5 Å². The summed E-state index contributed by atoms with van der Waals surface area (Å²) in [5, 5.41) is 12.4. The molecule has 0 radical (unpaired) electrons. The van der Waals surface area contributed by atoms with Crippen LogP contribution in [0.4, 0.5) is 22.0 Å². The fourth-order valence-electron chi connectivity index (χ4n) is 2.27. The largest absolute Gasteiger partial charge is 0.513 e.